The quantitative estimate of drug-likeness (QED) is 0.622. The average molecular weight is 429 g/mol. The molecule has 172 valence electrons. The molecule has 1 spiro atoms. The molecular weight excluding hydrogens is 388 g/mol. The van der Waals surface area contributed by atoms with E-state index in [9.17, 15) is 14.4 Å². The molecule has 8 atom stereocenters. The average Bonchev–Trinajstić information content (AvgIpc) is 3.07. The third kappa shape index (κ3) is 2.34. The Morgan fingerprint density at radius 1 is 1.06 bits per heavy atom. The van der Waals surface area contributed by atoms with Gasteiger partial charge in [0.1, 0.15) is 17.3 Å². The van der Waals surface area contributed by atoms with Gasteiger partial charge in [0.25, 0.3) is 0 Å². The summed E-state index contributed by atoms with van der Waals surface area (Å²) in [7, 11) is 0. The van der Waals surface area contributed by atoms with Crippen molar-refractivity contribution < 1.29 is 19.1 Å². The summed E-state index contributed by atoms with van der Waals surface area (Å²) >= 11 is 0. The van der Waals surface area contributed by atoms with E-state index >= 15 is 0 Å². The molecule has 5 fully saturated rings. The standard InChI is InChI=1S/C27H40O4/c1-16(13-17(2)28)18-9-10-25(6)22-19(29)14-27-20(7-8-21(30)23(27,3)4)26(22,15-31-27)12-11-24(18,25)5/h16,18,20,22H,7-15H2,1-6H3/t16-,18-,20?,22?,24-,25+,26-,27-/m1/s1. The summed E-state index contributed by atoms with van der Waals surface area (Å²) < 4.78 is 6.65. The summed E-state index contributed by atoms with van der Waals surface area (Å²) in [5, 5.41) is 0. The molecule has 1 aliphatic heterocycles. The van der Waals surface area contributed by atoms with E-state index in [2.05, 4.69) is 20.8 Å². The Morgan fingerprint density at radius 3 is 2.45 bits per heavy atom. The highest BCUT2D eigenvalue weighted by Crippen LogP contribution is 2.77. The van der Waals surface area contributed by atoms with E-state index in [1.165, 1.54) is 0 Å². The third-order valence-electron chi connectivity index (χ3n) is 11.7. The third-order valence-corrected chi connectivity index (χ3v) is 11.7. The number of carbonyl (C=O) groups is 3. The summed E-state index contributed by atoms with van der Waals surface area (Å²) in [5.41, 5.74) is -1.27. The van der Waals surface area contributed by atoms with E-state index in [1.54, 1.807) is 6.92 Å². The number of hydrogen-bond acceptors (Lipinski definition) is 4. The topological polar surface area (TPSA) is 60.4 Å². The largest absolute Gasteiger partial charge is 0.373 e. The van der Waals surface area contributed by atoms with E-state index in [-0.39, 0.29) is 33.7 Å². The maximum Gasteiger partial charge on any atom is 0.141 e. The minimum atomic E-state index is -0.597. The SMILES string of the molecule is CC(=O)C[C@@H](C)[C@H]1CC[C@@]2(C)C3C(=O)C[C@@]45OC[C@]3(CC[C@]12C)C4CCC(=O)C5(C)C. The first-order valence-electron chi connectivity index (χ1n) is 12.6. The van der Waals surface area contributed by atoms with Crippen LogP contribution in [-0.4, -0.2) is 29.6 Å². The van der Waals surface area contributed by atoms with Crippen molar-refractivity contribution >= 4 is 17.3 Å². The summed E-state index contributed by atoms with van der Waals surface area (Å²) in [6, 6.07) is 0. The smallest absolute Gasteiger partial charge is 0.141 e. The highest BCUT2D eigenvalue weighted by molar-refractivity contribution is 5.92. The fourth-order valence-corrected chi connectivity index (χ4v) is 10.1. The lowest BCUT2D eigenvalue weighted by atomic mass is 9.36. The molecule has 1 saturated heterocycles. The van der Waals surface area contributed by atoms with Crippen LogP contribution in [0.5, 0.6) is 0 Å². The molecule has 4 nitrogen and oxygen atoms in total. The maximum absolute atomic E-state index is 14.0. The Hall–Kier alpha value is -1.03. The zero-order chi connectivity index (χ0) is 22.6. The van der Waals surface area contributed by atoms with Gasteiger partial charge in [-0.1, -0.05) is 34.6 Å². The van der Waals surface area contributed by atoms with Crippen LogP contribution in [0.25, 0.3) is 0 Å². The van der Waals surface area contributed by atoms with Crippen molar-refractivity contribution in [2.45, 2.75) is 98.5 Å². The first-order valence-corrected chi connectivity index (χ1v) is 12.6. The van der Waals surface area contributed by atoms with Crippen molar-refractivity contribution in [3.05, 3.63) is 0 Å². The molecule has 4 heteroatoms. The highest BCUT2D eigenvalue weighted by atomic mass is 16.5. The monoisotopic (exact) mass is 428 g/mol. The van der Waals surface area contributed by atoms with Crippen molar-refractivity contribution in [2.24, 2.45) is 45.3 Å². The number of carbonyl (C=O) groups excluding carboxylic acids is 3. The van der Waals surface area contributed by atoms with Gasteiger partial charge in [0.2, 0.25) is 0 Å². The number of ketones is 3. The zero-order valence-electron chi connectivity index (χ0n) is 20.3. The van der Waals surface area contributed by atoms with E-state index in [0.29, 0.717) is 49.4 Å². The number of ether oxygens (including phenoxy) is 1. The van der Waals surface area contributed by atoms with E-state index in [0.717, 1.165) is 32.1 Å². The fourth-order valence-electron chi connectivity index (χ4n) is 10.1. The van der Waals surface area contributed by atoms with Crippen molar-refractivity contribution in [1.82, 2.24) is 0 Å². The summed E-state index contributed by atoms with van der Waals surface area (Å²) in [6.45, 7) is 13.5. The second kappa shape index (κ2) is 6.30. The number of rotatable bonds is 3. The van der Waals surface area contributed by atoms with Gasteiger partial charge in [0.15, 0.2) is 0 Å². The van der Waals surface area contributed by atoms with Gasteiger partial charge < -0.3 is 9.53 Å². The van der Waals surface area contributed by atoms with Crippen molar-refractivity contribution in [3.63, 3.8) is 0 Å². The fraction of sp³-hybridized carbons (Fsp3) is 0.889. The number of fused-ring (bicyclic) bond motifs is 2. The molecule has 0 N–H and O–H groups in total. The van der Waals surface area contributed by atoms with Crippen LogP contribution in [0.1, 0.15) is 92.9 Å². The molecule has 1 heterocycles. The first kappa shape index (κ1) is 21.8. The lowest BCUT2D eigenvalue weighted by molar-refractivity contribution is -0.193. The lowest BCUT2D eigenvalue weighted by Gasteiger charge is -2.65. The van der Waals surface area contributed by atoms with Crippen LogP contribution in [0.4, 0.5) is 0 Å². The van der Waals surface area contributed by atoms with Crippen LogP contribution in [0.2, 0.25) is 0 Å². The molecule has 5 rings (SSSR count). The second-order valence-electron chi connectivity index (χ2n) is 13.0. The minimum Gasteiger partial charge on any atom is -0.373 e. The molecule has 4 saturated carbocycles. The highest BCUT2D eigenvalue weighted by Gasteiger charge is 2.79. The Balaban J connectivity index is 1.57. The lowest BCUT2D eigenvalue weighted by Crippen LogP contribution is -2.68. The van der Waals surface area contributed by atoms with Gasteiger partial charge in [-0.25, -0.2) is 0 Å². The molecular formula is C27H40O4. The number of hydrogen-bond donors (Lipinski definition) is 0. The van der Waals surface area contributed by atoms with E-state index < -0.39 is 11.0 Å². The molecule has 2 bridgehead atoms. The molecule has 5 aliphatic rings. The maximum atomic E-state index is 14.0. The summed E-state index contributed by atoms with van der Waals surface area (Å²) in [5.74, 6) is 2.08. The predicted octanol–water partition coefficient (Wildman–Crippen LogP) is 5.17. The van der Waals surface area contributed by atoms with Crippen LogP contribution >= 0.6 is 0 Å². The van der Waals surface area contributed by atoms with Gasteiger partial charge in [-0.15, -0.1) is 0 Å². The van der Waals surface area contributed by atoms with Crippen LogP contribution in [0.15, 0.2) is 0 Å². The van der Waals surface area contributed by atoms with Crippen LogP contribution in [0.3, 0.4) is 0 Å². The minimum absolute atomic E-state index is 0.0258. The van der Waals surface area contributed by atoms with Gasteiger partial charge in [-0.05, 0) is 67.6 Å². The van der Waals surface area contributed by atoms with Gasteiger partial charge in [-0.2, -0.15) is 0 Å². The Labute approximate surface area is 187 Å². The van der Waals surface area contributed by atoms with E-state index in [4.69, 9.17) is 4.74 Å². The molecule has 0 aromatic carbocycles. The first-order chi connectivity index (χ1) is 14.4. The predicted molar refractivity (Wildman–Crippen MR) is 118 cm³/mol. The molecule has 0 aromatic heterocycles. The normalized spacial score (nSPS) is 51.1. The second-order valence-corrected chi connectivity index (χ2v) is 13.0. The van der Waals surface area contributed by atoms with Crippen molar-refractivity contribution in [3.8, 4) is 0 Å². The molecule has 0 radical (unpaired) electrons. The molecule has 2 unspecified atom stereocenters. The van der Waals surface area contributed by atoms with Crippen molar-refractivity contribution in [2.75, 3.05) is 6.61 Å². The Kier molecular flexibility index (Phi) is 4.43. The van der Waals surface area contributed by atoms with Gasteiger partial charge >= 0.3 is 0 Å². The zero-order valence-corrected chi connectivity index (χ0v) is 20.3. The molecule has 31 heavy (non-hydrogen) atoms. The number of Topliss-reactive ketones (excluding diaryl/α,β-unsaturated/α-hetero) is 3. The van der Waals surface area contributed by atoms with Crippen LogP contribution in [-0.2, 0) is 19.1 Å². The van der Waals surface area contributed by atoms with E-state index in [1.807, 2.05) is 13.8 Å². The van der Waals surface area contributed by atoms with Gasteiger partial charge in [0, 0.05) is 30.6 Å². The van der Waals surface area contributed by atoms with Gasteiger partial charge in [-0.3, -0.25) is 9.59 Å². The summed E-state index contributed by atoms with van der Waals surface area (Å²) in [6.07, 6.45) is 6.85. The van der Waals surface area contributed by atoms with Crippen LogP contribution < -0.4 is 0 Å². The molecule has 4 aliphatic carbocycles. The summed E-state index contributed by atoms with van der Waals surface area (Å²) in [4.78, 5) is 38.8. The van der Waals surface area contributed by atoms with Crippen LogP contribution in [0, 0.1) is 45.3 Å². The van der Waals surface area contributed by atoms with Gasteiger partial charge in [0.05, 0.1) is 17.6 Å². The van der Waals surface area contributed by atoms with Crippen molar-refractivity contribution in [1.29, 1.82) is 0 Å². The molecule has 0 amide bonds. The Morgan fingerprint density at radius 2 is 1.77 bits per heavy atom. The Bertz CT molecular complexity index is 859. The molecule has 0 aromatic rings.